The first-order valence-electron chi connectivity index (χ1n) is 8.81. The van der Waals surface area contributed by atoms with E-state index in [-0.39, 0.29) is 0 Å². The Morgan fingerprint density at radius 3 is 1.68 bits per heavy atom. The van der Waals surface area contributed by atoms with Gasteiger partial charge in [-0.1, -0.05) is 39.8 Å². The third-order valence-electron chi connectivity index (χ3n) is 3.77. The van der Waals surface area contributed by atoms with E-state index in [1.165, 1.54) is 0 Å². The Balaban J connectivity index is 2.95. The van der Waals surface area contributed by atoms with E-state index in [1.54, 1.807) is 12.1 Å². The maximum Gasteiger partial charge on any atom is 0.330 e. The minimum Gasteiger partial charge on any atom is -0.458 e. The maximum absolute atomic E-state index is 11.6. The Hall–Kier alpha value is -2.30. The fraction of sp³-hybridized carbons (Fsp3) is 0.500. The van der Waals surface area contributed by atoms with Crippen molar-refractivity contribution in [1.29, 1.82) is 0 Å². The molecule has 0 aliphatic heterocycles. The molecule has 1 aromatic rings. The number of rotatable bonds is 12. The van der Waals surface area contributed by atoms with Crippen LogP contribution in [0.5, 0.6) is 0 Å². The van der Waals surface area contributed by atoms with Gasteiger partial charge in [0, 0.05) is 12.2 Å². The van der Waals surface area contributed by atoms with Crippen molar-refractivity contribution in [2.24, 2.45) is 0 Å². The van der Waals surface area contributed by atoms with Gasteiger partial charge in [-0.15, -0.1) is 0 Å². The summed E-state index contributed by atoms with van der Waals surface area (Å²) in [5.74, 6) is 0.129. The van der Waals surface area contributed by atoms with E-state index < -0.39 is 24.1 Å². The second kappa shape index (κ2) is 11.3. The fourth-order valence-corrected chi connectivity index (χ4v) is 2.39. The molecule has 25 heavy (non-hydrogen) atoms. The van der Waals surface area contributed by atoms with Crippen LogP contribution in [-0.4, -0.2) is 11.9 Å². The van der Waals surface area contributed by atoms with Crippen LogP contribution in [0.4, 0.5) is 0 Å². The van der Waals surface area contributed by atoms with Crippen molar-refractivity contribution in [2.75, 3.05) is 0 Å². The van der Waals surface area contributed by atoms with Crippen molar-refractivity contribution in [3.8, 4) is 0 Å². The lowest BCUT2D eigenvalue weighted by Crippen LogP contribution is -2.10. The first-order chi connectivity index (χ1) is 12.0. The Morgan fingerprint density at radius 1 is 0.960 bits per heavy atom. The molecule has 0 saturated carbocycles. The summed E-state index contributed by atoms with van der Waals surface area (Å²) in [5.41, 5.74) is 0. The third-order valence-corrected chi connectivity index (χ3v) is 3.77. The number of carbonyl (C=O) groups excluding carboxylic acids is 2. The number of ether oxygens (including phenoxy) is 2. The summed E-state index contributed by atoms with van der Waals surface area (Å²) in [6.45, 7) is 11.0. The molecule has 1 aromatic heterocycles. The van der Waals surface area contributed by atoms with Gasteiger partial charge in [0.2, 0.25) is 0 Å². The van der Waals surface area contributed by atoms with E-state index in [4.69, 9.17) is 13.9 Å². The number of furan rings is 1. The summed E-state index contributed by atoms with van der Waals surface area (Å²) in [6.07, 6.45) is 6.41. The predicted molar refractivity (Wildman–Crippen MR) is 95.8 cm³/mol. The standard InChI is InChI=1S/C20H28O5/c1-5-9-11-15(24-19(21)7-3)17-13-14-18(23-17)16(12-10-6-2)25-20(22)8-4/h7-8,13-16H,3-6,9-12H2,1-2H3. The second-order valence-corrected chi connectivity index (χ2v) is 5.78. The molecule has 0 amide bonds. The minimum absolute atomic E-state index is 0.471. The highest BCUT2D eigenvalue weighted by atomic mass is 16.6. The van der Waals surface area contributed by atoms with Crippen molar-refractivity contribution < 1.29 is 23.5 Å². The molecule has 0 N–H and O–H groups in total. The molecular weight excluding hydrogens is 320 g/mol. The van der Waals surface area contributed by atoms with Crippen LogP contribution in [-0.2, 0) is 19.1 Å². The van der Waals surface area contributed by atoms with E-state index in [2.05, 4.69) is 27.0 Å². The molecule has 0 bridgehead atoms. The molecule has 138 valence electrons. The van der Waals surface area contributed by atoms with Crippen molar-refractivity contribution in [3.05, 3.63) is 49.0 Å². The molecule has 2 atom stereocenters. The summed E-state index contributed by atoms with van der Waals surface area (Å²) in [6, 6.07) is 3.54. The van der Waals surface area contributed by atoms with Gasteiger partial charge < -0.3 is 13.9 Å². The Morgan fingerprint density at radius 2 is 1.36 bits per heavy atom. The average molecular weight is 348 g/mol. The lowest BCUT2D eigenvalue weighted by molar-refractivity contribution is -0.145. The van der Waals surface area contributed by atoms with Gasteiger partial charge in [0.15, 0.2) is 12.2 Å². The van der Waals surface area contributed by atoms with E-state index in [9.17, 15) is 9.59 Å². The molecule has 0 fully saturated rings. The third kappa shape index (κ3) is 6.99. The Bertz CT molecular complexity index is 524. The first kappa shape index (κ1) is 20.7. The largest absolute Gasteiger partial charge is 0.458 e. The molecule has 0 aliphatic carbocycles. The number of carbonyl (C=O) groups is 2. The van der Waals surface area contributed by atoms with Crippen LogP contribution in [0, 0.1) is 0 Å². The van der Waals surface area contributed by atoms with Gasteiger partial charge in [-0.2, -0.15) is 0 Å². The molecule has 0 radical (unpaired) electrons. The zero-order valence-electron chi connectivity index (χ0n) is 15.2. The van der Waals surface area contributed by atoms with Crippen LogP contribution in [0.25, 0.3) is 0 Å². The lowest BCUT2D eigenvalue weighted by atomic mass is 10.1. The number of hydrogen-bond donors (Lipinski definition) is 0. The van der Waals surface area contributed by atoms with Gasteiger partial charge >= 0.3 is 11.9 Å². The number of esters is 2. The molecule has 5 heteroatoms. The fourth-order valence-electron chi connectivity index (χ4n) is 2.39. The SMILES string of the molecule is C=CC(=O)OC(CCCC)c1ccc(C(CCCC)OC(=O)C=C)o1. The van der Waals surface area contributed by atoms with Crippen molar-refractivity contribution in [2.45, 2.75) is 64.6 Å². The van der Waals surface area contributed by atoms with Crippen molar-refractivity contribution >= 4 is 11.9 Å². The number of unbranched alkanes of at least 4 members (excludes halogenated alkanes) is 2. The molecule has 1 rings (SSSR count). The highest BCUT2D eigenvalue weighted by molar-refractivity contribution is 5.81. The highest BCUT2D eigenvalue weighted by Gasteiger charge is 2.23. The topological polar surface area (TPSA) is 65.7 Å². The van der Waals surface area contributed by atoms with Gasteiger partial charge in [-0.3, -0.25) is 0 Å². The van der Waals surface area contributed by atoms with Crippen LogP contribution in [0.15, 0.2) is 41.9 Å². The van der Waals surface area contributed by atoms with Crippen LogP contribution >= 0.6 is 0 Å². The summed E-state index contributed by atoms with van der Waals surface area (Å²) in [7, 11) is 0. The highest BCUT2D eigenvalue weighted by Crippen LogP contribution is 2.31. The van der Waals surface area contributed by atoms with E-state index >= 15 is 0 Å². The quantitative estimate of drug-likeness (QED) is 0.383. The van der Waals surface area contributed by atoms with Gasteiger partial charge in [0.1, 0.15) is 11.5 Å². The molecule has 5 nitrogen and oxygen atoms in total. The lowest BCUT2D eigenvalue weighted by Gasteiger charge is -2.16. The van der Waals surface area contributed by atoms with Crippen LogP contribution in [0.2, 0.25) is 0 Å². The summed E-state index contributed by atoms with van der Waals surface area (Å²) >= 11 is 0. The molecule has 0 aliphatic rings. The molecule has 0 saturated heterocycles. The Labute approximate surface area is 149 Å². The van der Waals surface area contributed by atoms with E-state index in [0.29, 0.717) is 24.4 Å². The molecular formula is C20H28O5. The molecule has 0 spiro atoms. The normalized spacial score (nSPS) is 12.9. The zero-order chi connectivity index (χ0) is 18.7. The van der Waals surface area contributed by atoms with E-state index in [0.717, 1.165) is 37.8 Å². The van der Waals surface area contributed by atoms with Crippen LogP contribution in [0.1, 0.15) is 76.1 Å². The summed E-state index contributed by atoms with van der Waals surface area (Å²) < 4.78 is 16.6. The van der Waals surface area contributed by atoms with Gasteiger partial charge in [0.25, 0.3) is 0 Å². The van der Waals surface area contributed by atoms with Crippen molar-refractivity contribution in [1.82, 2.24) is 0 Å². The molecule has 2 unspecified atom stereocenters. The van der Waals surface area contributed by atoms with Gasteiger partial charge in [-0.05, 0) is 37.8 Å². The Kier molecular flexibility index (Phi) is 9.37. The van der Waals surface area contributed by atoms with Gasteiger partial charge in [0.05, 0.1) is 0 Å². The second-order valence-electron chi connectivity index (χ2n) is 5.78. The summed E-state index contributed by atoms with van der Waals surface area (Å²) in [4.78, 5) is 23.1. The smallest absolute Gasteiger partial charge is 0.330 e. The first-order valence-corrected chi connectivity index (χ1v) is 8.81. The van der Waals surface area contributed by atoms with Crippen LogP contribution in [0.3, 0.4) is 0 Å². The summed E-state index contributed by atoms with van der Waals surface area (Å²) in [5, 5.41) is 0. The minimum atomic E-state index is -0.486. The van der Waals surface area contributed by atoms with E-state index in [1.807, 2.05) is 0 Å². The van der Waals surface area contributed by atoms with Gasteiger partial charge in [-0.25, -0.2) is 9.59 Å². The maximum atomic E-state index is 11.6. The van der Waals surface area contributed by atoms with Crippen LogP contribution < -0.4 is 0 Å². The number of hydrogen-bond acceptors (Lipinski definition) is 5. The van der Waals surface area contributed by atoms with Crippen molar-refractivity contribution in [3.63, 3.8) is 0 Å². The molecule has 1 heterocycles. The molecule has 0 aromatic carbocycles. The monoisotopic (exact) mass is 348 g/mol. The predicted octanol–water partition coefficient (Wildman–Crippen LogP) is 5.20. The zero-order valence-corrected chi connectivity index (χ0v) is 15.2. The average Bonchev–Trinajstić information content (AvgIpc) is 3.11.